The molecule has 1 rings (SSSR count). The summed E-state index contributed by atoms with van der Waals surface area (Å²) < 4.78 is 5.24. The molecule has 0 aliphatic carbocycles. The SMILES string of the molecule is COc1ccc(Cl)cc1CC(C)CCl. The van der Waals surface area contributed by atoms with Crippen LogP contribution in [0.1, 0.15) is 12.5 Å². The zero-order valence-electron chi connectivity index (χ0n) is 8.39. The molecule has 0 aromatic heterocycles. The summed E-state index contributed by atoms with van der Waals surface area (Å²) in [6.45, 7) is 2.10. The van der Waals surface area contributed by atoms with Crippen molar-refractivity contribution in [3.63, 3.8) is 0 Å². The lowest BCUT2D eigenvalue weighted by atomic mass is 10.0. The van der Waals surface area contributed by atoms with Crippen molar-refractivity contribution in [1.29, 1.82) is 0 Å². The van der Waals surface area contributed by atoms with E-state index >= 15 is 0 Å². The Morgan fingerprint density at radius 3 is 2.71 bits per heavy atom. The van der Waals surface area contributed by atoms with Crippen LogP contribution in [-0.4, -0.2) is 13.0 Å². The lowest BCUT2D eigenvalue weighted by Crippen LogP contribution is -2.02. The van der Waals surface area contributed by atoms with Crippen LogP contribution in [0, 0.1) is 5.92 Å². The van der Waals surface area contributed by atoms with Crippen LogP contribution in [0.2, 0.25) is 5.02 Å². The van der Waals surface area contributed by atoms with Gasteiger partial charge in [-0.2, -0.15) is 0 Å². The fourth-order valence-corrected chi connectivity index (χ4v) is 1.64. The number of ether oxygens (including phenoxy) is 1. The predicted molar refractivity (Wildman–Crippen MR) is 61.6 cm³/mol. The van der Waals surface area contributed by atoms with Gasteiger partial charge in [0.2, 0.25) is 0 Å². The summed E-state index contributed by atoms with van der Waals surface area (Å²) in [4.78, 5) is 0. The Labute approximate surface area is 95.0 Å². The van der Waals surface area contributed by atoms with E-state index in [2.05, 4.69) is 6.92 Å². The summed E-state index contributed by atoms with van der Waals surface area (Å²) in [6.07, 6.45) is 0.896. The fraction of sp³-hybridized carbons (Fsp3) is 0.455. The number of methoxy groups -OCH3 is 1. The second kappa shape index (κ2) is 5.47. The first-order valence-corrected chi connectivity index (χ1v) is 5.47. The van der Waals surface area contributed by atoms with Gasteiger partial charge in [0.05, 0.1) is 7.11 Å². The van der Waals surface area contributed by atoms with Gasteiger partial charge in [0.15, 0.2) is 0 Å². The van der Waals surface area contributed by atoms with Crippen LogP contribution in [0.3, 0.4) is 0 Å². The fourth-order valence-electron chi connectivity index (χ4n) is 1.34. The summed E-state index contributed by atoms with van der Waals surface area (Å²) in [5.41, 5.74) is 1.12. The molecule has 0 amide bonds. The molecule has 0 aliphatic rings. The normalized spacial score (nSPS) is 12.6. The third-order valence-electron chi connectivity index (χ3n) is 2.07. The average molecular weight is 233 g/mol. The highest BCUT2D eigenvalue weighted by atomic mass is 35.5. The number of alkyl halides is 1. The Kier molecular flexibility index (Phi) is 4.56. The van der Waals surface area contributed by atoms with E-state index in [4.69, 9.17) is 27.9 Å². The zero-order chi connectivity index (χ0) is 10.6. The van der Waals surface area contributed by atoms with Crippen molar-refractivity contribution in [2.24, 2.45) is 5.92 Å². The molecule has 0 heterocycles. The summed E-state index contributed by atoms with van der Waals surface area (Å²) in [6, 6.07) is 5.65. The summed E-state index contributed by atoms with van der Waals surface area (Å²) in [5.74, 6) is 1.96. The number of rotatable bonds is 4. The Bertz CT molecular complexity index is 299. The van der Waals surface area contributed by atoms with E-state index in [-0.39, 0.29) is 0 Å². The van der Waals surface area contributed by atoms with E-state index in [0.29, 0.717) is 11.8 Å². The highest BCUT2D eigenvalue weighted by Crippen LogP contribution is 2.25. The summed E-state index contributed by atoms with van der Waals surface area (Å²) in [5, 5.41) is 0.738. The van der Waals surface area contributed by atoms with Crippen molar-refractivity contribution < 1.29 is 4.74 Å². The molecule has 0 N–H and O–H groups in total. The van der Waals surface area contributed by atoms with Gasteiger partial charge >= 0.3 is 0 Å². The van der Waals surface area contributed by atoms with Crippen molar-refractivity contribution in [1.82, 2.24) is 0 Å². The smallest absolute Gasteiger partial charge is 0.122 e. The van der Waals surface area contributed by atoms with Crippen LogP contribution >= 0.6 is 23.2 Å². The molecular formula is C11H14Cl2O. The number of halogens is 2. The summed E-state index contributed by atoms with van der Waals surface area (Å²) in [7, 11) is 1.66. The molecule has 14 heavy (non-hydrogen) atoms. The molecule has 0 aliphatic heterocycles. The first kappa shape index (κ1) is 11.7. The molecule has 78 valence electrons. The minimum Gasteiger partial charge on any atom is -0.496 e. The highest BCUT2D eigenvalue weighted by Gasteiger charge is 2.08. The van der Waals surface area contributed by atoms with Crippen LogP contribution in [0.4, 0.5) is 0 Å². The van der Waals surface area contributed by atoms with E-state index in [1.165, 1.54) is 0 Å². The predicted octanol–water partition coefficient (Wildman–Crippen LogP) is 3.77. The van der Waals surface area contributed by atoms with Crippen molar-refractivity contribution in [3.05, 3.63) is 28.8 Å². The van der Waals surface area contributed by atoms with E-state index in [1.807, 2.05) is 18.2 Å². The van der Waals surface area contributed by atoms with Gasteiger partial charge in [0.1, 0.15) is 5.75 Å². The number of benzene rings is 1. The Morgan fingerprint density at radius 2 is 2.14 bits per heavy atom. The summed E-state index contributed by atoms with van der Waals surface area (Å²) >= 11 is 11.7. The van der Waals surface area contributed by atoms with Gasteiger partial charge in [0, 0.05) is 10.9 Å². The van der Waals surface area contributed by atoms with Crippen LogP contribution in [0.15, 0.2) is 18.2 Å². The quantitative estimate of drug-likeness (QED) is 0.719. The Morgan fingerprint density at radius 1 is 1.43 bits per heavy atom. The maximum absolute atomic E-state index is 5.91. The third-order valence-corrected chi connectivity index (χ3v) is 2.84. The van der Waals surface area contributed by atoms with Gasteiger partial charge in [-0.1, -0.05) is 18.5 Å². The minimum absolute atomic E-state index is 0.434. The maximum atomic E-state index is 5.91. The Balaban J connectivity index is 2.87. The van der Waals surface area contributed by atoms with Gasteiger partial charge < -0.3 is 4.74 Å². The van der Waals surface area contributed by atoms with Gasteiger partial charge in [-0.05, 0) is 36.1 Å². The van der Waals surface area contributed by atoms with E-state index in [9.17, 15) is 0 Å². The molecule has 1 aromatic carbocycles. The lowest BCUT2D eigenvalue weighted by molar-refractivity contribution is 0.407. The van der Waals surface area contributed by atoms with Crippen LogP contribution in [-0.2, 0) is 6.42 Å². The molecule has 0 saturated carbocycles. The number of hydrogen-bond acceptors (Lipinski definition) is 1. The molecular weight excluding hydrogens is 219 g/mol. The highest BCUT2D eigenvalue weighted by molar-refractivity contribution is 6.30. The maximum Gasteiger partial charge on any atom is 0.122 e. The minimum atomic E-state index is 0.434. The van der Waals surface area contributed by atoms with Crippen LogP contribution in [0.25, 0.3) is 0 Å². The molecule has 1 aromatic rings. The van der Waals surface area contributed by atoms with Gasteiger partial charge in [-0.3, -0.25) is 0 Å². The van der Waals surface area contributed by atoms with Gasteiger partial charge in [-0.25, -0.2) is 0 Å². The molecule has 0 spiro atoms. The molecule has 1 unspecified atom stereocenters. The second-order valence-electron chi connectivity index (χ2n) is 3.42. The average Bonchev–Trinajstić information content (AvgIpc) is 2.18. The molecule has 1 nitrogen and oxygen atoms in total. The topological polar surface area (TPSA) is 9.23 Å². The monoisotopic (exact) mass is 232 g/mol. The molecule has 0 bridgehead atoms. The van der Waals surface area contributed by atoms with Crippen molar-refractivity contribution in [2.75, 3.05) is 13.0 Å². The molecule has 0 saturated heterocycles. The largest absolute Gasteiger partial charge is 0.496 e. The van der Waals surface area contributed by atoms with Crippen LogP contribution < -0.4 is 4.74 Å². The van der Waals surface area contributed by atoms with Crippen molar-refractivity contribution in [2.45, 2.75) is 13.3 Å². The van der Waals surface area contributed by atoms with Gasteiger partial charge in [-0.15, -0.1) is 11.6 Å². The lowest BCUT2D eigenvalue weighted by Gasteiger charge is -2.11. The second-order valence-corrected chi connectivity index (χ2v) is 4.16. The van der Waals surface area contributed by atoms with E-state index < -0.39 is 0 Å². The Hall–Kier alpha value is -0.400. The van der Waals surface area contributed by atoms with Crippen LogP contribution in [0.5, 0.6) is 5.75 Å². The van der Waals surface area contributed by atoms with Gasteiger partial charge in [0.25, 0.3) is 0 Å². The third kappa shape index (κ3) is 3.07. The van der Waals surface area contributed by atoms with Crippen molar-refractivity contribution in [3.8, 4) is 5.75 Å². The van der Waals surface area contributed by atoms with E-state index in [0.717, 1.165) is 22.8 Å². The first-order valence-electron chi connectivity index (χ1n) is 4.55. The molecule has 3 heteroatoms. The zero-order valence-corrected chi connectivity index (χ0v) is 9.90. The molecule has 0 radical (unpaired) electrons. The molecule has 0 fully saturated rings. The van der Waals surface area contributed by atoms with E-state index in [1.54, 1.807) is 7.11 Å². The van der Waals surface area contributed by atoms with Crippen molar-refractivity contribution >= 4 is 23.2 Å². The standard InChI is InChI=1S/C11H14Cl2O/c1-8(7-12)5-9-6-10(13)3-4-11(9)14-2/h3-4,6,8H,5,7H2,1-2H3. The number of hydrogen-bond donors (Lipinski definition) is 0. The molecule has 1 atom stereocenters. The first-order chi connectivity index (χ1) is 6.67.